The lowest BCUT2D eigenvalue weighted by Gasteiger charge is -2.37. The molecule has 0 fully saturated rings. The molecule has 2 N–H and O–H groups in total. The van der Waals surface area contributed by atoms with E-state index >= 15 is 0 Å². The van der Waals surface area contributed by atoms with Gasteiger partial charge in [0.05, 0.1) is 11.1 Å². The molecular weight excluding hydrogens is 473 g/mol. The number of anilines is 1. The molecule has 1 unspecified atom stereocenters. The molecule has 4 rings (SSSR count). The summed E-state index contributed by atoms with van der Waals surface area (Å²) < 4.78 is 53.5. The van der Waals surface area contributed by atoms with Crippen LogP contribution in [-0.2, 0) is 12.6 Å². The molecule has 3 aromatic rings. The highest BCUT2D eigenvalue weighted by atomic mass is 19.4. The predicted molar refractivity (Wildman–Crippen MR) is 129 cm³/mol. The number of nitrogens with zero attached hydrogens (tertiary/aromatic N) is 1. The molecule has 1 atom stereocenters. The first-order valence-electron chi connectivity index (χ1n) is 11.5. The molecule has 1 aromatic heterocycles. The van der Waals surface area contributed by atoms with Crippen LogP contribution < -0.4 is 14.8 Å². The monoisotopic (exact) mass is 500 g/mol. The van der Waals surface area contributed by atoms with Crippen molar-refractivity contribution in [3.63, 3.8) is 0 Å². The van der Waals surface area contributed by atoms with Crippen molar-refractivity contribution in [1.29, 1.82) is 0 Å². The Morgan fingerprint density at radius 2 is 1.94 bits per heavy atom. The molecule has 36 heavy (non-hydrogen) atoms. The third-order valence-corrected chi connectivity index (χ3v) is 6.59. The van der Waals surface area contributed by atoms with Gasteiger partial charge in [0.25, 0.3) is 5.91 Å². The van der Waals surface area contributed by atoms with E-state index < -0.39 is 23.2 Å². The molecule has 190 valence electrons. The minimum Gasteiger partial charge on any atom is -0.507 e. The number of hydrogen-bond acceptors (Lipinski definition) is 5. The van der Waals surface area contributed by atoms with Gasteiger partial charge in [-0.25, -0.2) is 0 Å². The molecule has 2 heterocycles. The molecule has 0 spiro atoms. The lowest BCUT2D eigenvalue weighted by molar-refractivity contribution is -0.139. The maximum Gasteiger partial charge on any atom is 0.420 e. The fourth-order valence-electron chi connectivity index (χ4n) is 4.28. The number of amides is 1. The van der Waals surface area contributed by atoms with E-state index in [1.807, 2.05) is 13.8 Å². The maximum absolute atomic E-state index is 13.9. The van der Waals surface area contributed by atoms with Crippen molar-refractivity contribution in [2.75, 3.05) is 11.9 Å². The molecule has 1 aliphatic heterocycles. The zero-order valence-corrected chi connectivity index (χ0v) is 20.4. The molecule has 6 nitrogen and oxygen atoms in total. The molecule has 0 radical (unpaired) electrons. The highest BCUT2D eigenvalue weighted by molar-refractivity contribution is 6.04. The van der Waals surface area contributed by atoms with Gasteiger partial charge in [0.15, 0.2) is 0 Å². The second-order valence-electron chi connectivity index (χ2n) is 9.28. The summed E-state index contributed by atoms with van der Waals surface area (Å²) >= 11 is 0. The van der Waals surface area contributed by atoms with Crippen LogP contribution in [0.25, 0.3) is 0 Å². The van der Waals surface area contributed by atoms with E-state index in [4.69, 9.17) is 9.47 Å². The smallest absolute Gasteiger partial charge is 0.420 e. The zero-order valence-electron chi connectivity index (χ0n) is 20.4. The van der Waals surface area contributed by atoms with E-state index in [-0.39, 0.29) is 29.4 Å². The number of halogens is 3. The first-order chi connectivity index (χ1) is 16.9. The summed E-state index contributed by atoms with van der Waals surface area (Å²) in [6, 6.07) is 6.48. The average Bonchev–Trinajstić information content (AvgIpc) is 2.85. The van der Waals surface area contributed by atoms with Gasteiger partial charge in [0.2, 0.25) is 0 Å². The maximum atomic E-state index is 13.9. The van der Waals surface area contributed by atoms with E-state index in [1.54, 1.807) is 19.9 Å². The minimum absolute atomic E-state index is 0.0148. The Balaban J connectivity index is 1.55. The van der Waals surface area contributed by atoms with Gasteiger partial charge in [0.1, 0.15) is 29.5 Å². The third-order valence-electron chi connectivity index (χ3n) is 6.59. The second-order valence-corrected chi connectivity index (χ2v) is 9.28. The Morgan fingerprint density at radius 3 is 2.61 bits per heavy atom. The van der Waals surface area contributed by atoms with Crippen molar-refractivity contribution in [2.45, 2.75) is 52.3 Å². The predicted octanol–water partition coefficient (Wildman–Crippen LogP) is 6.15. The van der Waals surface area contributed by atoms with Crippen LogP contribution in [0, 0.1) is 20.8 Å². The number of hydrogen-bond donors (Lipinski definition) is 2. The van der Waals surface area contributed by atoms with Gasteiger partial charge >= 0.3 is 6.18 Å². The second kappa shape index (κ2) is 9.37. The number of aromatic hydroxyl groups is 1. The molecule has 0 saturated carbocycles. The summed E-state index contributed by atoms with van der Waals surface area (Å²) in [5, 5.41) is 12.8. The van der Waals surface area contributed by atoms with Crippen molar-refractivity contribution in [2.24, 2.45) is 0 Å². The number of alkyl halides is 3. The fourth-order valence-corrected chi connectivity index (χ4v) is 4.28. The zero-order chi connectivity index (χ0) is 26.3. The van der Waals surface area contributed by atoms with E-state index in [2.05, 4.69) is 10.3 Å². The number of phenolic OH excluding ortho intramolecular Hbond substituents is 1. The van der Waals surface area contributed by atoms with E-state index in [9.17, 15) is 23.1 Å². The normalized spacial score (nSPS) is 17.2. The Labute approximate surface area is 207 Å². The SMILES string of the molecule is Cc1c(C)c2c(c(C)c1O)CCC(C)(COc1ccc(NC(=O)c3cccnc3)cc1C(F)(F)F)O2. The number of nitrogens with one attached hydrogen (secondary N) is 1. The van der Waals surface area contributed by atoms with Crippen LogP contribution in [0.5, 0.6) is 17.2 Å². The highest BCUT2D eigenvalue weighted by Crippen LogP contribution is 2.44. The first-order valence-corrected chi connectivity index (χ1v) is 11.5. The molecular formula is C27H27F3N2O4. The summed E-state index contributed by atoms with van der Waals surface area (Å²) in [4.78, 5) is 16.2. The van der Waals surface area contributed by atoms with Crippen molar-refractivity contribution in [3.05, 3.63) is 76.1 Å². The fraction of sp³-hybridized carbons (Fsp3) is 0.333. The van der Waals surface area contributed by atoms with Crippen LogP contribution in [0.2, 0.25) is 0 Å². The molecule has 0 bridgehead atoms. The summed E-state index contributed by atoms with van der Waals surface area (Å²) in [5.74, 6) is -0.0455. The largest absolute Gasteiger partial charge is 0.507 e. The number of ether oxygens (including phenoxy) is 2. The van der Waals surface area contributed by atoms with Crippen LogP contribution in [0.3, 0.4) is 0 Å². The minimum atomic E-state index is -4.70. The van der Waals surface area contributed by atoms with Crippen molar-refractivity contribution in [1.82, 2.24) is 4.98 Å². The van der Waals surface area contributed by atoms with Crippen LogP contribution in [0.4, 0.5) is 18.9 Å². The summed E-state index contributed by atoms with van der Waals surface area (Å²) in [6.45, 7) is 7.15. The number of aromatic nitrogens is 1. The van der Waals surface area contributed by atoms with Gasteiger partial charge in [0, 0.05) is 23.6 Å². The van der Waals surface area contributed by atoms with Crippen LogP contribution >= 0.6 is 0 Å². The Morgan fingerprint density at radius 1 is 1.19 bits per heavy atom. The first kappa shape index (κ1) is 25.3. The van der Waals surface area contributed by atoms with E-state index in [0.29, 0.717) is 24.2 Å². The molecule has 1 aliphatic rings. The molecule has 1 amide bonds. The molecule has 0 aliphatic carbocycles. The van der Waals surface area contributed by atoms with Crippen LogP contribution in [0.15, 0.2) is 42.7 Å². The summed E-state index contributed by atoms with van der Waals surface area (Å²) in [6.07, 6.45) is -0.780. The average molecular weight is 501 g/mol. The number of phenols is 1. The standard InChI is InChI=1S/C27H27F3N2O4/c1-15-16(2)24-20(17(3)23(15)33)9-10-26(4,36-24)14-35-22-8-7-19(12-21(22)27(28,29)30)32-25(34)18-6-5-11-31-13-18/h5-8,11-13,33H,9-10,14H2,1-4H3,(H,32,34). The quantitative estimate of drug-likeness (QED) is 0.440. The lowest BCUT2D eigenvalue weighted by atomic mass is 9.87. The van der Waals surface area contributed by atoms with Crippen molar-refractivity contribution < 1.29 is 32.5 Å². The van der Waals surface area contributed by atoms with Gasteiger partial charge in [-0.2, -0.15) is 13.2 Å². The third kappa shape index (κ3) is 4.96. The van der Waals surface area contributed by atoms with E-state index in [1.165, 1.54) is 30.6 Å². The van der Waals surface area contributed by atoms with Crippen LogP contribution in [0.1, 0.15) is 51.5 Å². The van der Waals surface area contributed by atoms with E-state index in [0.717, 1.165) is 22.8 Å². The highest BCUT2D eigenvalue weighted by Gasteiger charge is 2.38. The number of benzene rings is 2. The summed E-state index contributed by atoms with van der Waals surface area (Å²) in [7, 11) is 0. The van der Waals surface area contributed by atoms with Crippen LogP contribution in [-0.4, -0.2) is 28.2 Å². The van der Waals surface area contributed by atoms with Gasteiger partial charge < -0.3 is 19.9 Å². The molecule has 2 aromatic carbocycles. The van der Waals surface area contributed by atoms with Gasteiger partial charge in [-0.05, 0) is 87.6 Å². The molecule has 0 saturated heterocycles. The Hall–Kier alpha value is -3.75. The lowest BCUT2D eigenvalue weighted by Crippen LogP contribution is -2.42. The van der Waals surface area contributed by atoms with Crippen molar-refractivity contribution >= 4 is 11.6 Å². The Kier molecular flexibility index (Phi) is 6.60. The summed E-state index contributed by atoms with van der Waals surface area (Å²) in [5.41, 5.74) is 1.49. The topological polar surface area (TPSA) is 80.7 Å². The van der Waals surface area contributed by atoms with Gasteiger partial charge in [-0.3, -0.25) is 9.78 Å². The number of fused-ring (bicyclic) bond motifs is 1. The number of carbonyl (C=O) groups excluding carboxylic acids is 1. The van der Waals surface area contributed by atoms with Gasteiger partial charge in [-0.15, -0.1) is 0 Å². The van der Waals surface area contributed by atoms with Crippen molar-refractivity contribution in [3.8, 4) is 17.2 Å². The Bertz CT molecular complexity index is 1310. The molecule has 9 heteroatoms. The number of pyridine rings is 1. The number of rotatable bonds is 5. The number of carbonyl (C=O) groups is 1. The van der Waals surface area contributed by atoms with Gasteiger partial charge in [-0.1, -0.05) is 0 Å².